The highest BCUT2D eigenvalue weighted by Crippen LogP contribution is 2.29. The van der Waals surface area contributed by atoms with Gasteiger partial charge in [-0.05, 0) is 122 Å². The third-order valence-electron chi connectivity index (χ3n) is 9.55. The molecule has 6 rings (SSSR count). The molecule has 1 aromatic heterocycles. The average Bonchev–Trinajstić information content (AvgIpc) is 3.68. The second-order valence-electron chi connectivity index (χ2n) is 12.9. The van der Waals surface area contributed by atoms with Crippen LogP contribution in [0.2, 0.25) is 0 Å². The van der Waals surface area contributed by atoms with Crippen molar-refractivity contribution < 1.29 is 18.8 Å². The van der Waals surface area contributed by atoms with Gasteiger partial charge in [-0.3, -0.25) is 14.4 Å². The fourth-order valence-electron chi connectivity index (χ4n) is 6.55. The molecule has 0 spiro atoms. The number of halogens is 1. The van der Waals surface area contributed by atoms with E-state index in [0.717, 1.165) is 68.3 Å². The number of amides is 3. The Hall–Kier alpha value is -5.01. The number of carbonyl (C=O) groups is 3. The van der Waals surface area contributed by atoms with E-state index in [0.29, 0.717) is 29.5 Å². The summed E-state index contributed by atoms with van der Waals surface area (Å²) in [5, 5.41) is 26.1. The summed E-state index contributed by atoms with van der Waals surface area (Å²) in [7, 11) is 0. The molecule has 2 fully saturated rings. The molecule has 4 aromatic rings. The molecule has 1 atom stereocenters. The van der Waals surface area contributed by atoms with Crippen LogP contribution in [0.3, 0.4) is 0 Å². The number of carbonyl (C=O) groups excluding carboxylic acids is 3. The summed E-state index contributed by atoms with van der Waals surface area (Å²) in [5.74, 6) is -0.781. The molecule has 3 amide bonds. The van der Waals surface area contributed by atoms with Crippen LogP contribution in [0.15, 0.2) is 66.7 Å². The maximum absolute atomic E-state index is 14.7. The third kappa shape index (κ3) is 8.72. The number of H-pyrrole nitrogens is 1. The van der Waals surface area contributed by atoms with Gasteiger partial charge in [0, 0.05) is 29.6 Å². The van der Waals surface area contributed by atoms with Gasteiger partial charge in [0.2, 0.25) is 17.6 Å². The monoisotopic (exact) mass is 667 g/mol. The van der Waals surface area contributed by atoms with E-state index < -0.39 is 17.8 Å². The number of tetrazole rings is 1. The first-order chi connectivity index (χ1) is 23.9. The Balaban J connectivity index is 1.15. The van der Waals surface area contributed by atoms with Crippen molar-refractivity contribution in [3.05, 3.63) is 83.7 Å². The summed E-state index contributed by atoms with van der Waals surface area (Å²) in [6.07, 6.45) is 5.13. The smallest absolute Gasteiger partial charge is 0.254 e. The van der Waals surface area contributed by atoms with Crippen molar-refractivity contribution in [1.29, 1.82) is 0 Å². The molecule has 1 saturated carbocycles. The molecule has 12 nitrogen and oxygen atoms in total. The molecular weight excluding hydrogens is 625 g/mol. The Morgan fingerprint density at radius 3 is 2.24 bits per heavy atom. The number of rotatable bonds is 11. The van der Waals surface area contributed by atoms with Gasteiger partial charge in [-0.15, -0.1) is 10.2 Å². The number of nitrogens with zero attached hydrogens (tertiary/aromatic N) is 3. The molecule has 13 heteroatoms. The highest BCUT2D eigenvalue weighted by Gasteiger charge is 2.29. The number of nitrogens with two attached hydrogens (primary N) is 1. The minimum Gasteiger partial charge on any atom is -0.349 e. The third-order valence-corrected chi connectivity index (χ3v) is 9.55. The molecule has 256 valence electrons. The lowest BCUT2D eigenvalue weighted by molar-refractivity contribution is -0.130. The van der Waals surface area contributed by atoms with Crippen LogP contribution in [-0.2, 0) is 16.0 Å². The van der Waals surface area contributed by atoms with Crippen LogP contribution < -0.4 is 27.0 Å². The van der Waals surface area contributed by atoms with Crippen LogP contribution in [0, 0.1) is 17.7 Å². The fourth-order valence-corrected chi connectivity index (χ4v) is 6.55. The molecular formula is C36H42FN9O3. The molecule has 49 heavy (non-hydrogen) atoms. The van der Waals surface area contributed by atoms with E-state index in [9.17, 15) is 18.8 Å². The Morgan fingerprint density at radius 1 is 0.878 bits per heavy atom. The van der Waals surface area contributed by atoms with Crippen molar-refractivity contribution in [2.24, 2.45) is 17.6 Å². The van der Waals surface area contributed by atoms with Crippen molar-refractivity contribution in [3.63, 3.8) is 0 Å². The fraction of sp³-hybridized carbons (Fsp3) is 0.389. The molecule has 2 aliphatic rings. The number of hydrogen-bond donors (Lipinski definition) is 6. The summed E-state index contributed by atoms with van der Waals surface area (Å²) in [6, 6.07) is 18.3. The number of piperidine rings is 1. The first-order valence-electron chi connectivity index (χ1n) is 16.9. The second kappa shape index (κ2) is 15.9. The molecule has 1 aliphatic carbocycles. The summed E-state index contributed by atoms with van der Waals surface area (Å²) >= 11 is 0. The highest BCUT2D eigenvalue weighted by atomic mass is 19.1. The van der Waals surface area contributed by atoms with E-state index in [1.165, 1.54) is 6.07 Å². The van der Waals surface area contributed by atoms with E-state index in [1.807, 2.05) is 24.3 Å². The molecule has 0 bridgehead atoms. The van der Waals surface area contributed by atoms with Crippen LogP contribution in [0.25, 0.3) is 22.5 Å². The van der Waals surface area contributed by atoms with Crippen LogP contribution in [0.4, 0.5) is 10.1 Å². The van der Waals surface area contributed by atoms with Gasteiger partial charge in [0.25, 0.3) is 5.91 Å². The zero-order valence-corrected chi connectivity index (χ0v) is 27.3. The van der Waals surface area contributed by atoms with Gasteiger partial charge in [0.15, 0.2) is 0 Å². The molecule has 0 radical (unpaired) electrons. The summed E-state index contributed by atoms with van der Waals surface area (Å²) < 4.78 is 14.7. The van der Waals surface area contributed by atoms with Crippen LogP contribution in [-0.4, -0.2) is 70.1 Å². The van der Waals surface area contributed by atoms with E-state index in [4.69, 9.17) is 5.73 Å². The van der Waals surface area contributed by atoms with Crippen molar-refractivity contribution >= 4 is 23.4 Å². The quantitative estimate of drug-likeness (QED) is 0.140. The standard InChI is InChI=1S/C36H42FN9O3/c37-31-14-11-27(20-30(31)35(48)40-29-15-17-39-18-16-29)24-5-1-22(2-6-24)19-32(42-34(47)26-7-3-23(21-38)4-8-26)36(49)41-28-12-9-25(10-13-28)33-43-45-46-44-33/h1-2,5-6,9-14,20,23,26,29,32,39H,3-4,7-8,15-19,21,38H2,(H,40,48)(H,41,49)(H,42,47)(H,43,44,45,46)/t23-,26-,32-/m0/s1. The number of anilines is 1. The van der Waals surface area contributed by atoms with Crippen LogP contribution in [0.5, 0.6) is 0 Å². The van der Waals surface area contributed by atoms with E-state index in [1.54, 1.807) is 36.4 Å². The van der Waals surface area contributed by atoms with Crippen LogP contribution in [0.1, 0.15) is 54.4 Å². The predicted octanol–water partition coefficient (Wildman–Crippen LogP) is 3.59. The first kappa shape index (κ1) is 33.9. The van der Waals surface area contributed by atoms with Crippen molar-refractivity contribution in [2.75, 3.05) is 25.0 Å². The zero-order chi connectivity index (χ0) is 34.2. The first-order valence-corrected chi connectivity index (χ1v) is 16.9. The number of hydrogen-bond acceptors (Lipinski definition) is 8. The number of aromatic amines is 1. The van der Waals surface area contributed by atoms with Gasteiger partial charge in [-0.25, -0.2) is 4.39 Å². The number of benzene rings is 3. The molecule has 0 unspecified atom stereocenters. The van der Waals surface area contributed by atoms with Gasteiger partial charge in [-0.1, -0.05) is 30.3 Å². The molecule has 1 saturated heterocycles. The topological polar surface area (TPSA) is 180 Å². The summed E-state index contributed by atoms with van der Waals surface area (Å²) in [4.78, 5) is 40.0. The Morgan fingerprint density at radius 2 is 1.57 bits per heavy atom. The normalized spacial score (nSPS) is 18.7. The largest absolute Gasteiger partial charge is 0.349 e. The maximum Gasteiger partial charge on any atom is 0.254 e. The SMILES string of the molecule is NC[C@H]1CC[C@H](C(=O)N[C@@H](Cc2ccc(-c3ccc(F)c(C(=O)NC4CCNCC4)c3)cc2)C(=O)Nc2ccc(-c3nn[nH]n3)cc2)CC1. The molecule has 1 aliphatic heterocycles. The van der Waals surface area contributed by atoms with Crippen molar-refractivity contribution in [3.8, 4) is 22.5 Å². The number of aromatic nitrogens is 4. The van der Waals surface area contributed by atoms with Gasteiger partial charge in [-0.2, -0.15) is 5.21 Å². The maximum atomic E-state index is 14.7. The van der Waals surface area contributed by atoms with E-state index in [2.05, 4.69) is 41.9 Å². The number of nitrogens with one attached hydrogen (secondary N) is 5. The lowest BCUT2D eigenvalue weighted by Gasteiger charge is -2.28. The lowest BCUT2D eigenvalue weighted by Crippen LogP contribution is -2.48. The molecule has 3 aromatic carbocycles. The van der Waals surface area contributed by atoms with Crippen LogP contribution >= 0.6 is 0 Å². The van der Waals surface area contributed by atoms with Gasteiger partial charge in [0.1, 0.15) is 11.9 Å². The van der Waals surface area contributed by atoms with Gasteiger partial charge < -0.3 is 27.0 Å². The van der Waals surface area contributed by atoms with E-state index in [-0.39, 0.29) is 35.8 Å². The summed E-state index contributed by atoms with van der Waals surface area (Å²) in [6.45, 7) is 2.25. The van der Waals surface area contributed by atoms with Crippen molar-refractivity contribution in [2.45, 2.75) is 57.0 Å². The van der Waals surface area contributed by atoms with Crippen molar-refractivity contribution in [1.82, 2.24) is 36.6 Å². The molecule has 7 N–H and O–H groups in total. The average molecular weight is 668 g/mol. The Bertz CT molecular complexity index is 1720. The second-order valence-corrected chi connectivity index (χ2v) is 12.9. The van der Waals surface area contributed by atoms with Gasteiger partial charge in [0.05, 0.1) is 5.56 Å². The highest BCUT2D eigenvalue weighted by molar-refractivity contribution is 5.98. The van der Waals surface area contributed by atoms with Gasteiger partial charge >= 0.3 is 0 Å². The minimum atomic E-state index is -0.835. The lowest BCUT2D eigenvalue weighted by atomic mass is 9.81. The molecule has 2 heterocycles. The van der Waals surface area contributed by atoms with E-state index >= 15 is 0 Å². The predicted molar refractivity (Wildman–Crippen MR) is 184 cm³/mol. The summed E-state index contributed by atoms with van der Waals surface area (Å²) in [5.41, 5.74) is 9.47. The Labute approximate surface area is 284 Å². The Kier molecular flexibility index (Phi) is 11.0. The minimum absolute atomic E-state index is 0.00498. The zero-order valence-electron chi connectivity index (χ0n) is 27.3.